The molecule has 7 aromatic carbocycles. The first kappa shape index (κ1) is 56.2. The smallest absolute Gasteiger partial charge is 0.0613 e. The minimum atomic E-state index is -0.0791. The third kappa shape index (κ3) is 13.4. The zero-order valence-electron chi connectivity index (χ0n) is 44.8. The number of benzene rings is 7. The molecule has 0 saturated carbocycles. The van der Waals surface area contributed by atoms with Gasteiger partial charge in [-0.25, -0.2) is 5.43 Å². The summed E-state index contributed by atoms with van der Waals surface area (Å²) in [5.41, 5.74) is 18.6. The molecule has 9 aromatic rings. The van der Waals surface area contributed by atoms with Crippen molar-refractivity contribution in [2.45, 2.75) is 87.1 Å². The van der Waals surface area contributed by atoms with Crippen molar-refractivity contribution < 1.29 is 0 Å². The lowest BCUT2D eigenvalue weighted by atomic mass is 9.91. The normalized spacial score (nSPS) is 12.5. The van der Waals surface area contributed by atoms with Gasteiger partial charge in [-0.15, -0.1) is 19.7 Å². The van der Waals surface area contributed by atoms with Crippen molar-refractivity contribution in [2.75, 3.05) is 0 Å². The predicted octanol–water partition coefficient (Wildman–Crippen LogP) is 19.4. The molecular weight excluding hydrogens is 885 g/mol. The summed E-state index contributed by atoms with van der Waals surface area (Å²) in [4.78, 5) is 0. The van der Waals surface area contributed by atoms with Crippen LogP contribution in [0.15, 0.2) is 249 Å². The zero-order valence-corrected chi connectivity index (χ0v) is 44.8. The largest absolute Gasteiger partial charge is 0.309 e. The number of fused-ring (bicyclic) bond motifs is 6. The lowest BCUT2D eigenvalue weighted by molar-refractivity contribution is 0.662. The van der Waals surface area contributed by atoms with Gasteiger partial charge in [0.25, 0.3) is 0 Å². The molecule has 73 heavy (non-hydrogen) atoms. The average molecular weight is 963 g/mol. The van der Waals surface area contributed by atoms with E-state index in [9.17, 15) is 0 Å². The average Bonchev–Trinajstić information content (AvgIpc) is 3.99. The molecule has 1 unspecified atom stereocenters. The van der Waals surface area contributed by atoms with Gasteiger partial charge >= 0.3 is 0 Å². The number of hydrogen-bond donors (Lipinski definition) is 2. The van der Waals surface area contributed by atoms with E-state index in [1.54, 1.807) is 0 Å². The monoisotopic (exact) mass is 963 g/mol. The summed E-state index contributed by atoms with van der Waals surface area (Å²) in [6.07, 6.45) is 21.2. The summed E-state index contributed by atoms with van der Waals surface area (Å²) >= 11 is 0. The molecule has 1 atom stereocenters. The second-order valence-corrected chi connectivity index (χ2v) is 16.7. The number of nitrogens with two attached hydrogens (primary N) is 1. The van der Waals surface area contributed by atoms with Crippen LogP contribution in [-0.4, -0.2) is 15.2 Å². The van der Waals surface area contributed by atoms with Crippen LogP contribution in [0.1, 0.15) is 92.2 Å². The highest BCUT2D eigenvalue weighted by atomic mass is 15.2. The number of para-hydroxylation sites is 3. The van der Waals surface area contributed by atoms with Crippen LogP contribution >= 0.6 is 0 Å². The maximum Gasteiger partial charge on any atom is 0.0613 e. The number of aromatic nitrogens is 2. The molecule has 0 saturated heterocycles. The fourth-order valence-electron chi connectivity index (χ4n) is 9.20. The van der Waals surface area contributed by atoms with Crippen molar-refractivity contribution in [3.05, 3.63) is 260 Å². The molecule has 3 N–H and O–H groups in total. The van der Waals surface area contributed by atoms with Crippen LogP contribution in [0.25, 0.3) is 71.7 Å². The quantitative estimate of drug-likeness (QED) is 0.0555. The molecule has 0 aliphatic heterocycles. The molecule has 0 radical (unpaired) electrons. The second-order valence-electron chi connectivity index (χ2n) is 16.7. The molecule has 374 valence electrons. The van der Waals surface area contributed by atoms with Crippen molar-refractivity contribution in [2.24, 2.45) is 5.84 Å². The van der Waals surface area contributed by atoms with Crippen LogP contribution in [0, 0.1) is 0 Å². The number of hydrogen-bond acceptors (Lipinski definition) is 2. The lowest BCUT2D eigenvalue weighted by Crippen LogP contribution is -2.35. The number of nitrogens with one attached hydrogen (secondary N) is 1. The van der Waals surface area contributed by atoms with Crippen molar-refractivity contribution in [3.63, 3.8) is 0 Å². The Morgan fingerprint density at radius 1 is 0.603 bits per heavy atom. The maximum absolute atomic E-state index is 6.21. The van der Waals surface area contributed by atoms with E-state index < -0.39 is 0 Å². The summed E-state index contributed by atoms with van der Waals surface area (Å²) < 4.78 is 4.78. The fraction of sp³-hybridized carbons (Fsp3) is 0.188. The highest BCUT2D eigenvalue weighted by Gasteiger charge is 2.18. The van der Waals surface area contributed by atoms with Crippen LogP contribution in [0.2, 0.25) is 0 Å². The third-order valence-corrected chi connectivity index (χ3v) is 12.4. The molecule has 2 heterocycles. The van der Waals surface area contributed by atoms with E-state index in [4.69, 9.17) is 5.84 Å². The number of hydrazine groups is 1. The van der Waals surface area contributed by atoms with Crippen LogP contribution in [0.5, 0.6) is 0 Å². The van der Waals surface area contributed by atoms with Gasteiger partial charge in [0.1, 0.15) is 0 Å². The van der Waals surface area contributed by atoms with Gasteiger partial charge in [-0.1, -0.05) is 212 Å². The number of rotatable bonds is 12. The highest BCUT2D eigenvalue weighted by Crippen LogP contribution is 2.39. The molecular formula is C69H78N4. The molecule has 1 aliphatic carbocycles. The van der Waals surface area contributed by atoms with Gasteiger partial charge in [0.15, 0.2) is 0 Å². The molecule has 0 bridgehead atoms. The Hall–Kier alpha value is -7.76. The summed E-state index contributed by atoms with van der Waals surface area (Å²) in [7, 11) is 0. The van der Waals surface area contributed by atoms with Gasteiger partial charge in [-0.05, 0) is 127 Å². The number of nitrogens with zero attached hydrogens (tertiary/aromatic N) is 2. The Kier molecular flexibility index (Phi) is 22.7. The summed E-state index contributed by atoms with van der Waals surface area (Å²) in [6, 6.07) is 61.4. The van der Waals surface area contributed by atoms with E-state index in [0.29, 0.717) is 0 Å². The lowest BCUT2D eigenvalue weighted by Gasteiger charge is -2.20. The van der Waals surface area contributed by atoms with Gasteiger partial charge in [0.05, 0.1) is 28.1 Å². The van der Waals surface area contributed by atoms with E-state index in [0.717, 1.165) is 48.1 Å². The Balaban J connectivity index is 0.000000482. The Labute approximate surface area is 437 Å². The standard InChI is InChI=1S/C51H40N4.C10H16.3C2H6.C2H4/c52-53-47(36-17-6-2-7-18-36)34-44(35-15-4-1-5-16-35)39-19-14-22-41(31-39)55-49-26-13-11-24-43(49)46-33-38(28-30-51(46)55)37-27-29-50-45(32-37)42-23-10-12-25-48(42)54(50)40-20-8-3-9-21-40;1-4-6-7-9-10(3)8-5-2;4*1-2/h1-6,8-17,19-34,47,53H,7,18,52H2;5-7,9H,2,4,8H2,1,3H3;3*1-2H3;1-2H2/b44-34-;7-6-,10-9+;;;;. The van der Waals surface area contributed by atoms with E-state index in [-0.39, 0.29) is 6.04 Å². The van der Waals surface area contributed by atoms with Crippen LogP contribution in [0.4, 0.5) is 0 Å². The van der Waals surface area contributed by atoms with E-state index in [2.05, 4.69) is 261 Å². The molecule has 0 fully saturated rings. The van der Waals surface area contributed by atoms with Crippen molar-refractivity contribution in [1.29, 1.82) is 0 Å². The van der Waals surface area contributed by atoms with Crippen molar-refractivity contribution >= 4 is 49.2 Å². The van der Waals surface area contributed by atoms with Gasteiger partial charge in [-0.3, -0.25) is 5.84 Å². The van der Waals surface area contributed by atoms with Crippen LogP contribution in [0.3, 0.4) is 0 Å². The van der Waals surface area contributed by atoms with Gasteiger partial charge in [-0.2, -0.15) is 0 Å². The highest BCUT2D eigenvalue weighted by molar-refractivity contribution is 6.12. The molecule has 2 aromatic heterocycles. The summed E-state index contributed by atoms with van der Waals surface area (Å²) in [6.45, 7) is 25.9. The van der Waals surface area contributed by atoms with E-state index >= 15 is 0 Å². The van der Waals surface area contributed by atoms with Gasteiger partial charge in [0, 0.05) is 32.9 Å². The van der Waals surface area contributed by atoms with Gasteiger partial charge < -0.3 is 9.13 Å². The minimum absolute atomic E-state index is 0.0791. The molecule has 1 aliphatic rings. The molecule has 4 nitrogen and oxygen atoms in total. The van der Waals surface area contributed by atoms with Gasteiger partial charge in [0.2, 0.25) is 0 Å². The maximum atomic E-state index is 6.21. The molecule has 4 heteroatoms. The number of allylic oxidation sites excluding steroid dienone is 8. The predicted molar refractivity (Wildman–Crippen MR) is 325 cm³/mol. The molecule has 0 spiro atoms. The van der Waals surface area contributed by atoms with Crippen molar-refractivity contribution in [3.8, 4) is 22.5 Å². The minimum Gasteiger partial charge on any atom is -0.309 e. The summed E-state index contributed by atoms with van der Waals surface area (Å²) in [5, 5.41) is 4.97. The third-order valence-electron chi connectivity index (χ3n) is 12.4. The van der Waals surface area contributed by atoms with Crippen LogP contribution < -0.4 is 11.3 Å². The first-order valence-electron chi connectivity index (χ1n) is 26.3. The van der Waals surface area contributed by atoms with Crippen LogP contribution in [-0.2, 0) is 0 Å². The molecule has 10 rings (SSSR count). The first-order chi connectivity index (χ1) is 36.1. The van der Waals surface area contributed by atoms with E-state index in [1.807, 2.05) is 47.6 Å². The zero-order chi connectivity index (χ0) is 52.5. The Bertz CT molecular complexity index is 3300. The Morgan fingerprint density at radius 2 is 1.11 bits per heavy atom. The van der Waals surface area contributed by atoms with Crippen molar-refractivity contribution in [1.82, 2.24) is 14.6 Å². The topological polar surface area (TPSA) is 47.9 Å². The van der Waals surface area contributed by atoms with E-state index in [1.165, 1.54) is 71.6 Å². The molecule has 0 amide bonds. The second kappa shape index (κ2) is 29.6. The fourth-order valence-corrected chi connectivity index (χ4v) is 9.20. The first-order valence-corrected chi connectivity index (χ1v) is 26.3. The SMILES string of the molecule is C=C.C=CC/C(C)=C/C=C\CC.CC.CC.CC.NNC(/C=C(/c1ccccc1)c1cccc(-n2c3ccccc3c3cc(-c4ccc5c(c4)c4ccccc4n5-c4ccccc4)ccc32)c1)C1=CC=CCC1. The summed E-state index contributed by atoms with van der Waals surface area (Å²) in [5.74, 6) is 6.21. The Morgan fingerprint density at radius 3 is 1.64 bits per heavy atom.